The summed E-state index contributed by atoms with van der Waals surface area (Å²) < 4.78 is 0. The molecule has 5 rings (SSSR count). The van der Waals surface area contributed by atoms with Gasteiger partial charge in [0.15, 0.2) is 5.78 Å². The molecule has 2 nitrogen and oxygen atoms in total. The third kappa shape index (κ3) is 4.59. The van der Waals surface area contributed by atoms with Gasteiger partial charge in [0, 0.05) is 15.8 Å². The zero-order valence-electron chi connectivity index (χ0n) is 17.9. The Morgan fingerprint density at radius 3 is 2.18 bits per heavy atom. The molecule has 0 spiro atoms. The Labute approximate surface area is 197 Å². The summed E-state index contributed by atoms with van der Waals surface area (Å²) in [7, 11) is 0. The van der Waals surface area contributed by atoms with Crippen molar-refractivity contribution in [2.45, 2.75) is 0 Å². The lowest BCUT2D eigenvalue weighted by Gasteiger charge is -2.13. The molecule has 0 aliphatic heterocycles. The molecular weight excluding hydrogens is 422 g/mol. The van der Waals surface area contributed by atoms with Gasteiger partial charge in [0.05, 0.1) is 16.8 Å². The van der Waals surface area contributed by atoms with Crippen molar-refractivity contribution in [3.05, 3.63) is 135 Å². The van der Waals surface area contributed by atoms with Crippen molar-refractivity contribution < 1.29 is 4.79 Å². The van der Waals surface area contributed by atoms with Crippen LogP contribution < -0.4 is 0 Å². The van der Waals surface area contributed by atoms with Crippen molar-refractivity contribution in [3.63, 3.8) is 0 Å². The monoisotopic (exact) mass is 443 g/mol. The van der Waals surface area contributed by atoms with E-state index in [1.54, 1.807) is 11.3 Å². The Morgan fingerprint density at radius 1 is 0.697 bits per heavy atom. The van der Waals surface area contributed by atoms with Gasteiger partial charge in [-0.15, -0.1) is 11.3 Å². The predicted octanol–water partition coefficient (Wildman–Crippen LogP) is 7.87. The molecule has 33 heavy (non-hydrogen) atoms. The summed E-state index contributed by atoms with van der Waals surface area (Å²) >= 11 is 1.67. The van der Waals surface area contributed by atoms with Gasteiger partial charge in [0.25, 0.3) is 0 Å². The minimum absolute atomic E-state index is 0.0348. The number of aromatic nitrogens is 1. The number of carbonyl (C=O) groups excluding carboxylic acids is 1. The van der Waals surface area contributed by atoms with Crippen molar-refractivity contribution in [1.29, 1.82) is 0 Å². The third-order valence-corrected chi connectivity index (χ3v) is 6.25. The topological polar surface area (TPSA) is 30.0 Å². The van der Waals surface area contributed by atoms with E-state index in [9.17, 15) is 4.79 Å². The highest BCUT2D eigenvalue weighted by Crippen LogP contribution is 2.29. The number of hydrogen-bond acceptors (Lipinski definition) is 3. The quantitative estimate of drug-likeness (QED) is 0.250. The van der Waals surface area contributed by atoms with Gasteiger partial charge in [-0.1, -0.05) is 97.1 Å². The lowest BCUT2D eigenvalue weighted by Crippen LogP contribution is -2.08. The minimum Gasteiger partial charge on any atom is -0.289 e. The van der Waals surface area contributed by atoms with Gasteiger partial charge in [-0.25, -0.2) is 4.98 Å². The molecule has 0 radical (unpaired) electrons. The second kappa shape index (κ2) is 9.60. The Balaban J connectivity index is 1.75. The second-order valence-electron chi connectivity index (χ2n) is 7.59. The number of pyridine rings is 1. The molecule has 0 unspecified atom stereocenters. The second-order valence-corrected chi connectivity index (χ2v) is 8.57. The summed E-state index contributed by atoms with van der Waals surface area (Å²) in [4.78, 5) is 19.8. The number of hydrogen-bond donors (Lipinski definition) is 0. The molecule has 3 aromatic carbocycles. The van der Waals surface area contributed by atoms with Crippen molar-refractivity contribution in [3.8, 4) is 0 Å². The van der Waals surface area contributed by atoms with Crippen LogP contribution in [0, 0.1) is 0 Å². The van der Waals surface area contributed by atoms with E-state index in [0.29, 0.717) is 16.8 Å². The van der Waals surface area contributed by atoms with Crippen LogP contribution in [0.5, 0.6) is 0 Å². The maximum atomic E-state index is 13.8. The van der Waals surface area contributed by atoms with Gasteiger partial charge in [-0.05, 0) is 40.8 Å². The van der Waals surface area contributed by atoms with Crippen molar-refractivity contribution in [2.24, 2.45) is 0 Å². The summed E-state index contributed by atoms with van der Waals surface area (Å²) in [6.07, 6.45) is 8.07. The Bertz CT molecular complexity index is 1450. The van der Waals surface area contributed by atoms with Crippen LogP contribution in [0.2, 0.25) is 0 Å². The van der Waals surface area contributed by atoms with Gasteiger partial charge in [0.1, 0.15) is 0 Å². The maximum Gasteiger partial charge on any atom is 0.195 e. The number of rotatable bonds is 6. The molecule has 0 saturated heterocycles. The molecule has 158 valence electrons. The van der Waals surface area contributed by atoms with Crippen molar-refractivity contribution in [1.82, 2.24) is 4.98 Å². The molecule has 2 aromatic heterocycles. The fourth-order valence-corrected chi connectivity index (χ4v) is 4.43. The van der Waals surface area contributed by atoms with E-state index in [0.717, 1.165) is 26.9 Å². The molecule has 0 aliphatic carbocycles. The zero-order chi connectivity index (χ0) is 22.5. The number of benzene rings is 3. The maximum absolute atomic E-state index is 13.8. The molecule has 0 atom stereocenters. The lowest BCUT2D eigenvalue weighted by molar-refractivity contribution is 0.103. The van der Waals surface area contributed by atoms with Crippen molar-refractivity contribution in [2.75, 3.05) is 0 Å². The van der Waals surface area contributed by atoms with Gasteiger partial charge in [-0.2, -0.15) is 0 Å². The third-order valence-electron chi connectivity index (χ3n) is 5.41. The number of carbonyl (C=O) groups is 1. The van der Waals surface area contributed by atoms with Crippen LogP contribution in [0.25, 0.3) is 35.2 Å². The molecule has 5 aromatic rings. The van der Waals surface area contributed by atoms with E-state index in [1.165, 1.54) is 0 Å². The van der Waals surface area contributed by atoms with Crippen LogP contribution >= 0.6 is 11.3 Å². The van der Waals surface area contributed by atoms with E-state index >= 15 is 0 Å². The number of thiophene rings is 1. The largest absolute Gasteiger partial charge is 0.289 e. The highest BCUT2D eigenvalue weighted by atomic mass is 32.1. The molecule has 0 N–H and O–H groups in total. The van der Waals surface area contributed by atoms with E-state index in [1.807, 2.05) is 115 Å². The van der Waals surface area contributed by atoms with E-state index in [4.69, 9.17) is 4.98 Å². The molecule has 3 heteroatoms. The Hall–Kier alpha value is -4.08. The van der Waals surface area contributed by atoms with Crippen LogP contribution in [-0.2, 0) is 0 Å². The summed E-state index contributed by atoms with van der Waals surface area (Å²) in [6.45, 7) is 0. The molecule has 0 bridgehead atoms. The molecule has 0 aliphatic rings. The standard InChI is InChI=1S/C30H21NOS/c32-30(23-12-5-2-6-13-23)29-26(19-18-24-14-9-21-33-24)25-15-7-8-16-27(25)31-28(29)20-17-22-10-3-1-4-11-22/h1-21H/b19-18+,20-17+. The number of fused-ring (bicyclic) bond motifs is 1. The Kier molecular flexibility index (Phi) is 6.05. The fourth-order valence-electron chi connectivity index (χ4n) is 3.81. The Morgan fingerprint density at radius 2 is 1.42 bits per heavy atom. The van der Waals surface area contributed by atoms with Crippen LogP contribution in [-0.4, -0.2) is 10.8 Å². The SMILES string of the molecule is O=C(c1ccccc1)c1c(/C=C/c2ccccc2)nc2ccccc2c1/C=C/c1cccs1. The highest BCUT2D eigenvalue weighted by molar-refractivity contribution is 7.10. The molecular formula is C30H21NOS. The van der Waals surface area contributed by atoms with Crippen LogP contribution in [0.4, 0.5) is 0 Å². The molecule has 0 amide bonds. The van der Waals surface area contributed by atoms with Gasteiger partial charge >= 0.3 is 0 Å². The lowest BCUT2D eigenvalue weighted by atomic mass is 9.93. The average molecular weight is 444 g/mol. The summed E-state index contributed by atoms with van der Waals surface area (Å²) in [5, 5.41) is 3.01. The zero-order valence-corrected chi connectivity index (χ0v) is 18.7. The van der Waals surface area contributed by atoms with E-state index < -0.39 is 0 Å². The highest BCUT2D eigenvalue weighted by Gasteiger charge is 2.20. The first-order chi connectivity index (χ1) is 16.3. The molecule has 0 fully saturated rings. The smallest absolute Gasteiger partial charge is 0.195 e. The summed E-state index contributed by atoms with van der Waals surface area (Å²) in [5.74, 6) is -0.0348. The van der Waals surface area contributed by atoms with Crippen molar-refractivity contribution >= 4 is 52.3 Å². The first-order valence-corrected chi connectivity index (χ1v) is 11.6. The van der Waals surface area contributed by atoms with Crippen LogP contribution in [0.3, 0.4) is 0 Å². The minimum atomic E-state index is -0.0348. The molecule has 2 heterocycles. The van der Waals surface area contributed by atoms with Gasteiger partial charge in [-0.3, -0.25) is 4.79 Å². The van der Waals surface area contributed by atoms with E-state index in [-0.39, 0.29) is 5.78 Å². The normalized spacial score (nSPS) is 11.5. The van der Waals surface area contributed by atoms with Crippen LogP contribution in [0.15, 0.2) is 102 Å². The predicted molar refractivity (Wildman–Crippen MR) is 140 cm³/mol. The van der Waals surface area contributed by atoms with E-state index in [2.05, 4.69) is 12.1 Å². The first-order valence-electron chi connectivity index (χ1n) is 10.8. The fraction of sp³-hybridized carbons (Fsp3) is 0. The molecule has 0 saturated carbocycles. The summed E-state index contributed by atoms with van der Waals surface area (Å²) in [6, 6.07) is 31.6. The van der Waals surface area contributed by atoms with Gasteiger partial charge < -0.3 is 0 Å². The number of nitrogens with zero attached hydrogens (tertiary/aromatic N) is 1. The van der Waals surface area contributed by atoms with Gasteiger partial charge in [0.2, 0.25) is 0 Å². The summed E-state index contributed by atoms with van der Waals surface area (Å²) in [5.41, 5.74) is 4.73. The first kappa shape index (κ1) is 20.8. The van der Waals surface area contributed by atoms with Crippen LogP contribution in [0.1, 0.15) is 37.6 Å². The number of ketones is 1. The number of para-hydroxylation sites is 1. The average Bonchev–Trinajstić information content (AvgIpc) is 3.40.